The summed E-state index contributed by atoms with van der Waals surface area (Å²) < 4.78 is 4.79. The van der Waals surface area contributed by atoms with Crippen molar-refractivity contribution in [3.63, 3.8) is 0 Å². The first kappa shape index (κ1) is 7.17. The zero-order chi connectivity index (χ0) is 8.39. The summed E-state index contributed by atoms with van der Waals surface area (Å²) in [4.78, 5) is 3.80. The van der Waals surface area contributed by atoms with Gasteiger partial charge in [0.25, 0.3) is 11.2 Å². The summed E-state index contributed by atoms with van der Waals surface area (Å²) in [5, 5.41) is 10.8. The zero-order valence-electron chi connectivity index (χ0n) is 5.81. The molecule has 0 fully saturated rings. The topological polar surface area (TPSA) is 64.7 Å². The van der Waals surface area contributed by atoms with Crippen LogP contribution in [-0.2, 0) is 0 Å². The number of hydrogen-bond acceptors (Lipinski definition) is 5. The smallest absolute Gasteiger partial charge is 0.264 e. The van der Waals surface area contributed by atoms with Crippen molar-refractivity contribution in [3.05, 3.63) is 23.7 Å². The van der Waals surface area contributed by atoms with E-state index in [1.807, 2.05) is 0 Å². The third kappa shape index (κ3) is 1.26. The van der Waals surface area contributed by atoms with Crippen molar-refractivity contribution in [1.29, 1.82) is 0 Å². The van der Waals surface area contributed by atoms with Crippen molar-refractivity contribution in [2.75, 3.05) is 0 Å². The van der Waals surface area contributed by atoms with Gasteiger partial charge in [-0.05, 0) is 22.8 Å². The summed E-state index contributed by atoms with van der Waals surface area (Å²) in [5.74, 6) is 0.343. The van der Waals surface area contributed by atoms with Crippen LogP contribution in [0.3, 0.4) is 0 Å². The molecule has 12 heavy (non-hydrogen) atoms. The zero-order valence-corrected chi connectivity index (χ0v) is 6.56. The predicted molar refractivity (Wildman–Crippen MR) is 40.3 cm³/mol. The van der Waals surface area contributed by atoms with Crippen molar-refractivity contribution in [2.24, 2.45) is 0 Å². The van der Waals surface area contributed by atoms with Crippen LogP contribution in [0.2, 0.25) is 5.28 Å². The lowest BCUT2D eigenvalue weighted by molar-refractivity contribution is 0.430. The summed E-state index contributed by atoms with van der Waals surface area (Å²) in [6.07, 6.45) is 3.05. The van der Waals surface area contributed by atoms with Crippen LogP contribution in [0.5, 0.6) is 0 Å². The van der Waals surface area contributed by atoms with E-state index in [1.165, 1.54) is 12.4 Å². The summed E-state index contributed by atoms with van der Waals surface area (Å²) in [6, 6.07) is 1.71. The van der Waals surface area contributed by atoms with Gasteiger partial charge in [0.2, 0.25) is 0 Å². The molecule has 0 saturated heterocycles. The standard InChI is InChI=1S/C6H3ClN4O/c7-6-10-5(12-11-6)4-1-2-8-9-3-4/h1-3H. The van der Waals surface area contributed by atoms with Crippen LogP contribution in [0.1, 0.15) is 0 Å². The molecule has 0 unspecified atom stereocenters. The Hall–Kier alpha value is -1.49. The average Bonchev–Trinajstić information content (AvgIpc) is 2.54. The van der Waals surface area contributed by atoms with Crippen LogP contribution in [0.4, 0.5) is 0 Å². The Morgan fingerprint density at radius 3 is 2.83 bits per heavy atom. The molecule has 0 aliphatic heterocycles. The minimum atomic E-state index is 0.0850. The Balaban J connectivity index is 2.45. The van der Waals surface area contributed by atoms with E-state index in [4.69, 9.17) is 16.1 Å². The third-order valence-corrected chi connectivity index (χ3v) is 1.39. The lowest BCUT2D eigenvalue weighted by Gasteiger charge is -1.87. The summed E-state index contributed by atoms with van der Waals surface area (Å²) in [7, 11) is 0. The highest BCUT2D eigenvalue weighted by atomic mass is 35.5. The fraction of sp³-hybridized carbons (Fsp3) is 0. The van der Waals surface area contributed by atoms with E-state index in [0.29, 0.717) is 11.5 Å². The first-order valence-electron chi connectivity index (χ1n) is 3.12. The summed E-state index contributed by atoms with van der Waals surface area (Å²) in [6.45, 7) is 0. The molecule has 2 rings (SSSR count). The molecule has 0 bridgehead atoms. The predicted octanol–water partition coefficient (Wildman–Crippen LogP) is 1.18. The van der Waals surface area contributed by atoms with Gasteiger partial charge in [-0.1, -0.05) is 0 Å². The second kappa shape index (κ2) is 2.86. The summed E-state index contributed by atoms with van der Waals surface area (Å²) in [5.41, 5.74) is 0.699. The molecule has 6 heteroatoms. The molecular weight excluding hydrogens is 180 g/mol. The average molecular weight is 183 g/mol. The molecule has 5 nitrogen and oxygen atoms in total. The lowest BCUT2D eigenvalue weighted by atomic mass is 10.3. The lowest BCUT2D eigenvalue weighted by Crippen LogP contribution is -1.81. The Bertz CT molecular complexity index is 374. The van der Waals surface area contributed by atoms with E-state index < -0.39 is 0 Å². The van der Waals surface area contributed by atoms with Crippen LogP contribution < -0.4 is 0 Å². The van der Waals surface area contributed by atoms with Gasteiger partial charge in [-0.15, -0.1) is 0 Å². The van der Waals surface area contributed by atoms with Crippen molar-refractivity contribution in [1.82, 2.24) is 20.3 Å². The Morgan fingerprint density at radius 1 is 1.33 bits per heavy atom. The number of hydrogen-bond donors (Lipinski definition) is 0. The highest BCUT2D eigenvalue weighted by Gasteiger charge is 2.05. The molecule has 0 N–H and O–H groups in total. The normalized spacial score (nSPS) is 10.1. The Kier molecular flexibility index (Phi) is 1.71. The summed E-state index contributed by atoms with van der Waals surface area (Å²) >= 11 is 5.46. The molecule has 0 aliphatic carbocycles. The molecular formula is C6H3ClN4O. The highest BCUT2D eigenvalue weighted by Crippen LogP contribution is 2.15. The molecule has 0 spiro atoms. The minimum Gasteiger partial charge on any atom is -0.333 e. The first-order chi connectivity index (χ1) is 5.86. The van der Waals surface area contributed by atoms with Crippen LogP contribution in [-0.4, -0.2) is 20.3 Å². The van der Waals surface area contributed by atoms with Crippen LogP contribution >= 0.6 is 11.6 Å². The first-order valence-corrected chi connectivity index (χ1v) is 3.50. The Labute approximate surface area is 72.4 Å². The van der Waals surface area contributed by atoms with Crippen LogP contribution in [0, 0.1) is 0 Å². The van der Waals surface area contributed by atoms with E-state index in [9.17, 15) is 0 Å². The van der Waals surface area contributed by atoms with Crippen molar-refractivity contribution >= 4 is 11.6 Å². The van der Waals surface area contributed by atoms with Crippen molar-refractivity contribution < 1.29 is 4.52 Å². The van der Waals surface area contributed by atoms with Gasteiger partial charge in [-0.25, -0.2) is 0 Å². The molecule has 0 aliphatic rings. The fourth-order valence-electron chi connectivity index (χ4n) is 0.740. The second-order valence-electron chi connectivity index (χ2n) is 2.00. The van der Waals surface area contributed by atoms with Gasteiger partial charge in [-0.3, -0.25) is 0 Å². The van der Waals surface area contributed by atoms with Gasteiger partial charge in [0, 0.05) is 0 Å². The number of rotatable bonds is 1. The van der Waals surface area contributed by atoms with E-state index >= 15 is 0 Å². The number of halogens is 1. The maximum atomic E-state index is 5.46. The van der Waals surface area contributed by atoms with Gasteiger partial charge in [0.05, 0.1) is 18.0 Å². The van der Waals surface area contributed by atoms with E-state index in [0.717, 1.165) is 0 Å². The number of aromatic nitrogens is 4. The quantitative estimate of drug-likeness (QED) is 0.663. The van der Waals surface area contributed by atoms with Gasteiger partial charge in [0.1, 0.15) is 0 Å². The number of nitrogens with zero attached hydrogens (tertiary/aromatic N) is 4. The van der Waals surface area contributed by atoms with E-state index in [2.05, 4.69) is 20.3 Å². The Morgan fingerprint density at radius 2 is 2.25 bits per heavy atom. The van der Waals surface area contributed by atoms with Gasteiger partial charge >= 0.3 is 0 Å². The molecule has 2 heterocycles. The molecule has 60 valence electrons. The fourth-order valence-corrected chi connectivity index (χ4v) is 0.851. The van der Waals surface area contributed by atoms with Gasteiger partial charge in [0.15, 0.2) is 0 Å². The molecule has 0 atom stereocenters. The largest absolute Gasteiger partial charge is 0.333 e. The molecule has 2 aromatic heterocycles. The molecule has 2 aromatic rings. The van der Waals surface area contributed by atoms with Gasteiger partial charge < -0.3 is 4.52 Å². The van der Waals surface area contributed by atoms with Crippen molar-refractivity contribution in [2.45, 2.75) is 0 Å². The minimum absolute atomic E-state index is 0.0850. The highest BCUT2D eigenvalue weighted by molar-refractivity contribution is 6.28. The SMILES string of the molecule is Clc1noc(-c2ccnnc2)n1. The van der Waals surface area contributed by atoms with E-state index in [1.54, 1.807) is 6.07 Å². The van der Waals surface area contributed by atoms with Crippen molar-refractivity contribution in [3.8, 4) is 11.5 Å². The van der Waals surface area contributed by atoms with Crippen LogP contribution in [0.15, 0.2) is 23.0 Å². The van der Waals surface area contributed by atoms with E-state index in [-0.39, 0.29) is 5.28 Å². The third-order valence-electron chi connectivity index (χ3n) is 1.23. The molecule has 0 amide bonds. The second-order valence-corrected chi connectivity index (χ2v) is 2.34. The maximum Gasteiger partial charge on any atom is 0.264 e. The maximum absolute atomic E-state index is 5.46. The molecule has 0 aromatic carbocycles. The van der Waals surface area contributed by atoms with Crippen LogP contribution in [0.25, 0.3) is 11.5 Å². The van der Waals surface area contributed by atoms with Gasteiger partial charge in [-0.2, -0.15) is 15.2 Å². The molecule has 0 saturated carbocycles. The molecule has 0 radical (unpaired) electrons. The monoisotopic (exact) mass is 182 g/mol.